The van der Waals surface area contributed by atoms with Crippen molar-refractivity contribution in [3.8, 4) is 22.3 Å². The summed E-state index contributed by atoms with van der Waals surface area (Å²) in [5, 5.41) is 0. The molecule has 0 aromatic heterocycles. The predicted octanol–water partition coefficient (Wildman–Crippen LogP) is 16.7. The molecule has 2 fully saturated rings. The van der Waals surface area contributed by atoms with E-state index in [0.29, 0.717) is 19.1 Å². The Morgan fingerprint density at radius 1 is 0.569 bits per heavy atom. The van der Waals surface area contributed by atoms with Crippen LogP contribution in [0.3, 0.4) is 0 Å². The first kappa shape index (κ1) is 45.6. The molecule has 0 bridgehead atoms. The topological polar surface area (TPSA) is 0 Å². The molecular formula is C54H72Cl2SiZr. The smallest absolute Gasteiger partial charge is 0.147 e. The summed E-state index contributed by atoms with van der Waals surface area (Å²) >= 11 is -3.92. The number of fused-ring (bicyclic) bond motifs is 2. The molecule has 0 radical (unpaired) electrons. The molecule has 4 aliphatic rings. The first-order valence-electron chi connectivity index (χ1n) is 23.1. The Kier molecular flexibility index (Phi) is 14.9. The van der Waals surface area contributed by atoms with Gasteiger partial charge in [-0.15, -0.1) is 24.8 Å². The minimum atomic E-state index is -3.92. The fraction of sp³-hybridized carbons (Fsp3) is 0.481. The van der Waals surface area contributed by atoms with Crippen LogP contribution in [0.1, 0.15) is 171 Å². The number of hydrogen-bond donors (Lipinski definition) is 0. The zero-order chi connectivity index (χ0) is 39.1. The first-order valence-corrected chi connectivity index (χ1v) is 36.0. The first-order chi connectivity index (χ1) is 27.1. The van der Waals surface area contributed by atoms with Gasteiger partial charge in [0, 0.05) is 0 Å². The van der Waals surface area contributed by atoms with Crippen LogP contribution in [0.25, 0.3) is 34.4 Å². The van der Waals surface area contributed by atoms with Crippen LogP contribution < -0.4 is 0 Å². The number of benzene rings is 4. The fourth-order valence-electron chi connectivity index (χ4n) is 12.5. The quantitative estimate of drug-likeness (QED) is 0.111. The Labute approximate surface area is 367 Å². The van der Waals surface area contributed by atoms with Crippen molar-refractivity contribution in [2.45, 2.75) is 146 Å². The molecule has 2 saturated carbocycles. The van der Waals surface area contributed by atoms with Gasteiger partial charge in [-0.25, -0.2) is 0 Å². The second kappa shape index (κ2) is 19.0. The van der Waals surface area contributed by atoms with E-state index in [1.807, 2.05) is 11.1 Å². The minimum absolute atomic E-state index is 0. The van der Waals surface area contributed by atoms with E-state index in [0.717, 1.165) is 11.8 Å². The van der Waals surface area contributed by atoms with Crippen LogP contribution >= 0.6 is 24.8 Å². The van der Waals surface area contributed by atoms with Crippen LogP contribution in [0.2, 0.25) is 8.76 Å². The molecule has 310 valence electrons. The number of hydrogen-bond acceptors (Lipinski definition) is 0. The third-order valence-electron chi connectivity index (χ3n) is 15.8. The van der Waals surface area contributed by atoms with E-state index in [9.17, 15) is 0 Å². The van der Waals surface area contributed by atoms with Gasteiger partial charge < -0.3 is 0 Å². The zero-order valence-electron chi connectivity index (χ0n) is 36.6. The van der Waals surface area contributed by atoms with Gasteiger partial charge in [-0.1, -0.05) is 0 Å². The van der Waals surface area contributed by atoms with Gasteiger partial charge in [0.15, 0.2) is 0 Å². The average molecular weight is 911 g/mol. The Hall–Kier alpha value is -1.96. The van der Waals surface area contributed by atoms with Gasteiger partial charge in [0.2, 0.25) is 0 Å². The van der Waals surface area contributed by atoms with E-state index < -0.39 is 17.4 Å². The van der Waals surface area contributed by atoms with Gasteiger partial charge >= 0.3 is 346 Å². The molecule has 4 atom stereocenters. The molecule has 8 rings (SSSR count). The Morgan fingerprint density at radius 3 is 1.29 bits per heavy atom. The summed E-state index contributed by atoms with van der Waals surface area (Å²) in [4.78, 5) is 0. The molecule has 4 aliphatic carbocycles. The van der Waals surface area contributed by atoms with E-state index in [2.05, 4.69) is 143 Å². The third kappa shape index (κ3) is 8.59. The van der Waals surface area contributed by atoms with Crippen molar-refractivity contribution in [2.24, 2.45) is 11.8 Å². The fourth-order valence-corrected chi connectivity index (χ4v) is 38.4. The Bertz CT molecular complexity index is 2020. The van der Waals surface area contributed by atoms with Crippen LogP contribution in [0.15, 0.2) is 96.1 Å². The van der Waals surface area contributed by atoms with Crippen molar-refractivity contribution < 1.29 is 17.4 Å². The minimum Gasteiger partial charge on any atom is -0.147 e. The molecule has 4 aromatic carbocycles. The number of rotatable bonds is 14. The van der Waals surface area contributed by atoms with Gasteiger partial charge in [-0.05, 0) is 0 Å². The summed E-state index contributed by atoms with van der Waals surface area (Å²) in [6, 6.07) is 34.3. The normalized spacial score (nSPS) is 20.5. The predicted molar refractivity (Wildman–Crippen MR) is 260 cm³/mol. The summed E-state index contributed by atoms with van der Waals surface area (Å²) in [7, 11) is 0. The molecule has 0 aliphatic heterocycles. The largest absolute Gasteiger partial charge is 0.147 e. The SMILES string of the molecule is CC[CH2][Zr]([CH3])(=[SiH2])([CH]1C(CC2CCCC2)=Cc2c(-c3ccc(C(C)CC)cc3)cccc21)[CH]1C(CC2CCCC2)=Cc2c(-c3ccc(C(C)CC)cc3)cccc21.Cl.Cl. The van der Waals surface area contributed by atoms with Gasteiger partial charge in [0.1, 0.15) is 0 Å². The van der Waals surface area contributed by atoms with Crippen LogP contribution in [0, 0.1) is 11.8 Å². The van der Waals surface area contributed by atoms with Gasteiger partial charge in [0.25, 0.3) is 0 Å². The van der Waals surface area contributed by atoms with Crippen LogP contribution in [0.5, 0.6) is 0 Å². The van der Waals surface area contributed by atoms with E-state index in [1.165, 1.54) is 121 Å². The Balaban J connectivity index is 0.00000283. The summed E-state index contributed by atoms with van der Waals surface area (Å²) in [5.41, 5.74) is 18.7. The molecule has 0 amide bonds. The van der Waals surface area contributed by atoms with Crippen molar-refractivity contribution in [1.82, 2.24) is 0 Å². The monoisotopic (exact) mass is 908 g/mol. The van der Waals surface area contributed by atoms with Crippen molar-refractivity contribution in [2.75, 3.05) is 0 Å². The summed E-state index contributed by atoms with van der Waals surface area (Å²) in [6.07, 6.45) is 23.1. The maximum absolute atomic E-state index is 3.92. The maximum atomic E-state index is 2.98. The molecule has 0 N–H and O–H groups in total. The molecule has 58 heavy (non-hydrogen) atoms. The molecule has 4 aromatic rings. The van der Waals surface area contributed by atoms with Gasteiger partial charge in [-0.3, -0.25) is 0 Å². The van der Waals surface area contributed by atoms with E-state index in [4.69, 9.17) is 0 Å². The van der Waals surface area contributed by atoms with E-state index >= 15 is 0 Å². The number of halogens is 2. The second-order valence-corrected chi connectivity index (χ2v) is 48.2. The molecule has 4 heteroatoms. The second-order valence-electron chi connectivity index (χ2n) is 19.8. The van der Waals surface area contributed by atoms with Crippen LogP contribution in [0.4, 0.5) is 0 Å². The standard InChI is InChI=1S/2C25H29.C3H7.CH3.2ClH.H2Si.Zr/c2*1-3-18(2)21-11-13-22(14-12-21)24-10-6-9-23-16-20(17-25(23)24)15-19-7-4-5-8-19;1-3-2;;;;;/h2*6,9-14,16-19H,3-5,7-8,15H2,1-2H3;1,3H2,2H3;1H3;2*1H;1H2;. The van der Waals surface area contributed by atoms with Crippen molar-refractivity contribution >= 4 is 43.8 Å². The molecule has 0 spiro atoms. The molecule has 4 unspecified atom stereocenters. The Morgan fingerprint density at radius 2 is 0.948 bits per heavy atom. The van der Waals surface area contributed by atoms with Gasteiger partial charge in [0.05, 0.1) is 0 Å². The van der Waals surface area contributed by atoms with Crippen molar-refractivity contribution in [1.29, 1.82) is 0 Å². The third-order valence-corrected chi connectivity index (χ3v) is 39.3. The molecule has 0 nitrogen and oxygen atoms in total. The maximum Gasteiger partial charge on any atom is -0.147 e. The van der Waals surface area contributed by atoms with Crippen molar-refractivity contribution in [3.05, 3.63) is 129 Å². The van der Waals surface area contributed by atoms with Gasteiger partial charge in [-0.2, -0.15) is 0 Å². The zero-order valence-corrected chi connectivity index (χ0v) is 42.1. The van der Waals surface area contributed by atoms with Crippen molar-refractivity contribution in [3.63, 3.8) is 0 Å². The van der Waals surface area contributed by atoms with E-state index in [1.54, 1.807) is 22.3 Å². The number of allylic oxidation sites excluding steroid dienone is 2. The van der Waals surface area contributed by atoms with E-state index in [-0.39, 0.29) is 24.8 Å². The summed E-state index contributed by atoms with van der Waals surface area (Å²) in [6.45, 7) is 14.5. The summed E-state index contributed by atoms with van der Waals surface area (Å²) in [5.74, 6) is 2.88. The average Bonchev–Trinajstić information content (AvgIpc) is 4.05. The molecular weight excluding hydrogens is 839 g/mol. The molecule has 0 heterocycles. The molecule has 0 saturated heterocycles. The van der Waals surface area contributed by atoms with Crippen LogP contribution in [-0.2, 0) is 17.4 Å². The summed E-state index contributed by atoms with van der Waals surface area (Å²) < 4.78 is 5.58. The van der Waals surface area contributed by atoms with Crippen LogP contribution in [-0.4, -0.2) is 6.88 Å².